The smallest absolute Gasteiger partial charge is 0.258 e. The van der Waals surface area contributed by atoms with E-state index in [1.165, 1.54) is 0 Å². The summed E-state index contributed by atoms with van der Waals surface area (Å²) in [6.45, 7) is 3.91. The first-order chi connectivity index (χ1) is 16.3. The van der Waals surface area contributed by atoms with Gasteiger partial charge in [-0.3, -0.25) is 14.6 Å². The first-order valence-electron chi connectivity index (χ1n) is 12.2. The van der Waals surface area contributed by atoms with Crippen LogP contribution in [0.5, 0.6) is 0 Å². The van der Waals surface area contributed by atoms with Crippen LogP contribution in [0.4, 0.5) is 5.69 Å². The van der Waals surface area contributed by atoms with Crippen LogP contribution in [0.15, 0.2) is 41.3 Å². The molecule has 3 aromatic rings. The number of amides is 1. The summed E-state index contributed by atoms with van der Waals surface area (Å²) in [5, 5.41) is 4.06. The minimum atomic E-state index is -0.0581. The average molecular weight is 460 g/mol. The van der Waals surface area contributed by atoms with Gasteiger partial charge in [0, 0.05) is 48.6 Å². The summed E-state index contributed by atoms with van der Waals surface area (Å²) >= 11 is 0. The number of ether oxygens (including phenoxy) is 1. The molecule has 0 saturated heterocycles. The first kappa shape index (κ1) is 22.8. The molecule has 2 aromatic heterocycles. The van der Waals surface area contributed by atoms with Crippen molar-refractivity contribution in [3.63, 3.8) is 0 Å². The maximum absolute atomic E-state index is 13.2. The van der Waals surface area contributed by atoms with E-state index >= 15 is 0 Å². The SMILES string of the molecule is COC1CCC2CC(C(=O)Nc3ccc(C)c(-c4cc5cnc(C)cc5n(C)c4=O)c3)CC2C1. The van der Waals surface area contributed by atoms with Gasteiger partial charge in [0.2, 0.25) is 5.91 Å². The predicted octanol–water partition coefficient (Wildman–Crippen LogP) is 5.00. The summed E-state index contributed by atoms with van der Waals surface area (Å²) in [4.78, 5) is 30.8. The summed E-state index contributed by atoms with van der Waals surface area (Å²) in [6.07, 6.45) is 7.37. The second-order valence-electron chi connectivity index (χ2n) is 10.2. The zero-order valence-corrected chi connectivity index (χ0v) is 20.4. The minimum Gasteiger partial charge on any atom is -0.381 e. The lowest BCUT2D eigenvalue weighted by Gasteiger charge is -2.30. The minimum absolute atomic E-state index is 0.0400. The number of nitrogens with one attached hydrogen (secondary N) is 1. The molecule has 0 aliphatic heterocycles. The number of anilines is 1. The fraction of sp³-hybridized carbons (Fsp3) is 0.464. The van der Waals surface area contributed by atoms with Gasteiger partial charge in [-0.2, -0.15) is 0 Å². The molecule has 0 bridgehead atoms. The van der Waals surface area contributed by atoms with Crippen LogP contribution in [0, 0.1) is 31.6 Å². The van der Waals surface area contributed by atoms with E-state index in [1.54, 1.807) is 18.7 Å². The van der Waals surface area contributed by atoms with Crippen LogP contribution >= 0.6 is 0 Å². The van der Waals surface area contributed by atoms with Crippen LogP contribution in [0.3, 0.4) is 0 Å². The third kappa shape index (κ3) is 4.16. The standard InChI is InChI=1S/C28H33N3O3/c1-16-5-7-22(30-27(32)20-10-18-6-8-23(34-4)12-19(18)11-20)14-24(16)25-13-21-15-29-17(2)9-26(21)31(3)28(25)33/h5,7,9,13-15,18-20,23H,6,8,10-12H2,1-4H3,(H,30,32). The second kappa shape index (κ2) is 8.99. The van der Waals surface area contributed by atoms with Gasteiger partial charge in [0.1, 0.15) is 0 Å². The number of pyridine rings is 2. The average Bonchev–Trinajstić information content (AvgIpc) is 3.26. The highest BCUT2D eigenvalue weighted by Gasteiger charge is 2.41. The van der Waals surface area contributed by atoms with Crippen molar-refractivity contribution >= 4 is 22.5 Å². The number of methoxy groups -OCH3 is 1. The molecule has 1 amide bonds. The molecule has 0 radical (unpaired) electrons. The van der Waals surface area contributed by atoms with Gasteiger partial charge in [-0.25, -0.2) is 0 Å². The molecule has 34 heavy (non-hydrogen) atoms. The second-order valence-corrected chi connectivity index (χ2v) is 10.2. The summed E-state index contributed by atoms with van der Waals surface area (Å²) in [6, 6.07) is 9.67. The van der Waals surface area contributed by atoms with Gasteiger partial charge >= 0.3 is 0 Å². The largest absolute Gasteiger partial charge is 0.381 e. The van der Waals surface area contributed by atoms with Crippen molar-refractivity contribution in [2.24, 2.45) is 24.8 Å². The molecule has 2 saturated carbocycles. The van der Waals surface area contributed by atoms with Crippen molar-refractivity contribution in [3.8, 4) is 11.1 Å². The predicted molar refractivity (Wildman–Crippen MR) is 135 cm³/mol. The van der Waals surface area contributed by atoms with Gasteiger partial charge in [0.25, 0.3) is 5.56 Å². The molecule has 2 heterocycles. The quantitative estimate of drug-likeness (QED) is 0.596. The Kier molecular flexibility index (Phi) is 6.02. The number of aryl methyl sites for hydroxylation is 3. The fourth-order valence-corrected chi connectivity index (χ4v) is 6.03. The lowest BCUT2D eigenvalue weighted by Crippen LogP contribution is -2.25. The molecule has 6 heteroatoms. The van der Waals surface area contributed by atoms with Crippen LogP contribution < -0.4 is 10.9 Å². The molecular formula is C28H33N3O3. The normalized spacial score (nSPS) is 24.2. The van der Waals surface area contributed by atoms with E-state index in [9.17, 15) is 9.59 Å². The topological polar surface area (TPSA) is 73.2 Å². The number of fused-ring (bicyclic) bond motifs is 2. The van der Waals surface area contributed by atoms with E-state index in [2.05, 4.69) is 10.3 Å². The fourth-order valence-electron chi connectivity index (χ4n) is 6.03. The van der Waals surface area contributed by atoms with Crippen molar-refractivity contribution in [3.05, 3.63) is 58.1 Å². The van der Waals surface area contributed by atoms with Gasteiger partial charge in [-0.05, 0) is 93.2 Å². The molecular weight excluding hydrogens is 426 g/mol. The molecule has 4 unspecified atom stereocenters. The number of benzene rings is 1. The zero-order chi connectivity index (χ0) is 24.0. The molecule has 178 valence electrons. The van der Waals surface area contributed by atoms with Crippen LogP contribution in [0.25, 0.3) is 22.0 Å². The number of carbonyl (C=O) groups excluding carboxylic acids is 1. The van der Waals surface area contributed by atoms with Crippen molar-refractivity contribution in [2.45, 2.75) is 52.1 Å². The van der Waals surface area contributed by atoms with Gasteiger partial charge < -0.3 is 14.6 Å². The maximum Gasteiger partial charge on any atom is 0.258 e. The Morgan fingerprint density at radius 1 is 1.06 bits per heavy atom. The van der Waals surface area contributed by atoms with Crippen molar-refractivity contribution in [1.29, 1.82) is 0 Å². The summed E-state index contributed by atoms with van der Waals surface area (Å²) in [5.74, 6) is 1.34. The van der Waals surface area contributed by atoms with E-state index in [4.69, 9.17) is 4.74 Å². The summed E-state index contributed by atoms with van der Waals surface area (Å²) in [7, 11) is 3.59. The molecule has 4 atom stereocenters. The van der Waals surface area contributed by atoms with Crippen LogP contribution in [0.2, 0.25) is 0 Å². The molecule has 6 nitrogen and oxygen atoms in total. The highest BCUT2D eigenvalue weighted by atomic mass is 16.5. The van der Waals surface area contributed by atoms with Crippen LogP contribution in [-0.2, 0) is 16.6 Å². The highest BCUT2D eigenvalue weighted by Crippen LogP contribution is 2.46. The van der Waals surface area contributed by atoms with Crippen LogP contribution in [0.1, 0.15) is 43.4 Å². The molecule has 5 rings (SSSR count). The van der Waals surface area contributed by atoms with E-state index < -0.39 is 0 Å². The van der Waals surface area contributed by atoms with Crippen molar-refractivity contribution < 1.29 is 9.53 Å². The van der Waals surface area contributed by atoms with E-state index in [0.29, 0.717) is 23.5 Å². The Hall–Kier alpha value is -2.99. The maximum atomic E-state index is 13.2. The molecule has 1 aromatic carbocycles. The number of hydrogen-bond acceptors (Lipinski definition) is 4. The lowest BCUT2D eigenvalue weighted by molar-refractivity contribution is -0.119. The van der Waals surface area contributed by atoms with Crippen LogP contribution in [-0.4, -0.2) is 28.7 Å². The summed E-state index contributed by atoms with van der Waals surface area (Å²) < 4.78 is 7.25. The third-order valence-electron chi connectivity index (χ3n) is 8.01. The number of carbonyl (C=O) groups is 1. The Balaban J connectivity index is 1.40. The van der Waals surface area contributed by atoms with E-state index in [1.807, 2.05) is 50.4 Å². The molecule has 1 N–H and O–H groups in total. The number of nitrogens with zero attached hydrogens (tertiary/aromatic N) is 2. The Labute approximate surface area is 200 Å². The zero-order valence-electron chi connectivity index (χ0n) is 20.4. The first-order valence-corrected chi connectivity index (χ1v) is 12.2. The molecule has 2 aliphatic carbocycles. The highest BCUT2D eigenvalue weighted by molar-refractivity contribution is 5.94. The Bertz CT molecular complexity index is 1310. The summed E-state index contributed by atoms with van der Waals surface area (Å²) in [5.41, 5.74) is 4.86. The van der Waals surface area contributed by atoms with Crippen molar-refractivity contribution in [1.82, 2.24) is 9.55 Å². The third-order valence-corrected chi connectivity index (χ3v) is 8.01. The van der Waals surface area contributed by atoms with Gasteiger partial charge in [-0.15, -0.1) is 0 Å². The van der Waals surface area contributed by atoms with Crippen molar-refractivity contribution in [2.75, 3.05) is 12.4 Å². The van der Waals surface area contributed by atoms with Gasteiger partial charge in [0.15, 0.2) is 0 Å². The van der Waals surface area contributed by atoms with E-state index in [-0.39, 0.29) is 17.4 Å². The molecule has 2 aliphatic rings. The van der Waals surface area contributed by atoms with Gasteiger partial charge in [0.05, 0.1) is 11.6 Å². The van der Waals surface area contributed by atoms with Gasteiger partial charge in [-0.1, -0.05) is 6.07 Å². The lowest BCUT2D eigenvalue weighted by atomic mass is 9.80. The number of rotatable bonds is 4. The monoisotopic (exact) mass is 459 g/mol. The molecule has 0 spiro atoms. The Morgan fingerprint density at radius 2 is 1.85 bits per heavy atom. The van der Waals surface area contributed by atoms with E-state index in [0.717, 1.165) is 65.5 Å². The Morgan fingerprint density at radius 3 is 2.65 bits per heavy atom. The molecule has 2 fully saturated rings. The number of hydrogen-bond donors (Lipinski definition) is 1. The number of aromatic nitrogens is 2.